The molecule has 1 heterocycles. The maximum Gasteiger partial charge on any atom is 0.490 e. The molecule has 3 nitrogen and oxygen atoms in total. The zero-order chi connectivity index (χ0) is 13.3. The summed E-state index contributed by atoms with van der Waals surface area (Å²) in [7, 11) is 0. The SMILES string of the molecule is CC(C)(C)CC1(OC(=O)C(F)(F)F)CCNC1. The van der Waals surface area contributed by atoms with E-state index in [0.29, 0.717) is 19.4 Å². The van der Waals surface area contributed by atoms with Crippen LogP contribution in [0.5, 0.6) is 0 Å². The fraction of sp³-hybridized carbons (Fsp3) is 0.909. The van der Waals surface area contributed by atoms with Crippen LogP contribution in [-0.4, -0.2) is 30.8 Å². The zero-order valence-electron chi connectivity index (χ0n) is 10.3. The second-order valence-corrected chi connectivity index (χ2v) is 5.73. The van der Waals surface area contributed by atoms with Crippen LogP contribution in [-0.2, 0) is 9.53 Å². The van der Waals surface area contributed by atoms with Gasteiger partial charge in [0.05, 0.1) is 0 Å². The predicted octanol–water partition coefficient (Wildman–Crippen LogP) is 2.26. The highest BCUT2D eigenvalue weighted by atomic mass is 19.4. The van der Waals surface area contributed by atoms with Crippen molar-refractivity contribution in [3.63, 3.8) is 0 Å². The van der Waals surface area contributed by atoms with Crippen molar-refractivity contribution in [2.45, 2.75) is 45.4 Å². The Morgan fingerprint density at radius 3 is 2.29 bits per heavy atom. The smallest absolute Gasteiger partial charge is 0.451 e. The van der Waals surface area contributed by atoms with E-state index in [9.17, 15) is 18.0 Å². The van der Waals surface area contributed by atoms with Crippen LogP contribution in [0.15, 0.2) is 0 Å². The molecule has 1 rings (SSSR count). The van der Waals surface area contributed by atoms with Crippen LogP contribution in [0.4, 0.5) is 13.2 Å². The minimum atomic E-state index is -4.92. The van der Waals surface area contributed by atoms with Crippen LogP contribution in [0.2, 0.25) is 0 Å². The molecule has 6 heteroatoms. The van der Waals surface area contributed by atoms with Gasteiger partial charge in [-0.15, -0.1) is 0 Å². The summed E-state index contributed by atoms with van der Waals surface area (Å²) in [4.78, 5) is 10.9. The van der Waals surface area contributed by atoms with Crippen LogP contribution >= 0.6 is 0 Å². The molecule has 0 bridgehead atoms. The molecule has 1 aliphatic rings. The van der Waals surface area contributed by atoms with Crippen molar-refractivity contribution < 1.29 is 22.7 Å². The molecular formula is C11H18F3NO2. The molecule has 0 aromatic heterocycles. The van der Waals surface area contributed by atoms with Gasteiger partial charge in [-0.2, -0.15) is 13.2 Å². The lowest BCUT2D eigenvalue weighted by Crippen LogP contribution is -2.44. The Morgan fingerprint density at radius 2 is 1.94 bits per heavy atom. The van der Waals surface area contributed by atoms with Gasteiger partial charge in [-0.3, -0.25) is 0 Å². The van der Waals surface area contributed by atoms with E-state index < -0.39 is 17.7 Å². The summed E-state index contributed by atoms with van der Waals surface area (Å²) in [6, 6.07) is 0. The number of ether oxygens (including phenoxy) is 1. The number of esters is 1. The molecule has 0 radical (unpaired) electrons. The number of nitrogens with one attached hydrogen (secondary N) is 1. The van der Waals surface area contributed by atoms with Crippen molar-refractivity contribution in [1.29, 1.82) is 0 Å². The summed E-state index contributed by atoms with van der Waals surface area (Å²) in [6.45, 7) is 6.59. The maximum atomic E-state index is 12.2. The zero-order valence-corrected chi connectivity index (χ0v) is 10.3. The van der Waals surface area contributed by atoms with E-state index in [-0.39, 0.29) is 12.0 Å². The quantitative estimate of drug-likeness (QED) is 0.767. The molecule has 0 aliphatic carbocycles. The third kappa shape index (κ3) is 4.18. The third-order valence-electron chi connectivity index (χ3n) is 2.60. The molecule has 1 atom stereocenters. The molecule has 1 saturated heterocycles. The molecule has 1 N–H and O–H groups in total. The van der Waals surface area contributed by atoms with E-state index in [2.05, 4.69) is 5.32 Å². The minimum Gasteiger partial charge on any atom is -0.451 e. The molecule has 17 heavy (non-hydrogen) atoms. The predicted molar refractivity (Wildman–Crippen MR) is 56.4 cm³/mol. The van der Waals surface area contributed by atoms with Gasteiger partial charge in [0.25, 0.3) is 0 Å². The van der Waals surface area contributed by atoms with Gasteiger partial charge >= 0.3 is 12.1 Å². The van der Waals surface area contributed by atoms with Gasteiger partial charge in [0, 0.05) is 13.0 Å². The number of halogens is 3. The summed E-state index contributed by atoms with van der Waals surface area (Å²) in [6.07, 6.45) is -4.09. The fourth-order valence-electron chi connectivity index (χ4n) is 2.22. The number of alkyl halides is 3. The first-order valence-corrected chi connectivity index (χ1v) is 5.55. The standard InChI is InChI=1S/C11H18F3NO2/c1-9(2,3)6-10(4-5-15-7-10)17-8(16)11(12,13)14/h15H,4-7H2,1-3H3. The Morgan fingerprint density at radius 1 is 1.35 bits per heavy atom. The lowest BCUT2D eigenvalue weighted by Gasteiger charge is -2.34. The first kappa shape index (κ1) is 14.3. The molecule has 0 amide bonds. The highest BCUT2D eigenvalue weighted by Crippen LogP contribution is 2.35. The van der Waals surface area contributed by atoms with Crippen LogP contribution in [0.1, 0.15) is 33.6 Å². The van der Waals surface area contributed by atoms with E-state index in [1.807, 2.05) is 20.8 Å². The number of rotatable bonds is 2. The minimum absolute atomic E-state index is 0.197. The second kappa shape index (κ2) is 4.48. The number of carbonyl (C=O) groups excluding carboxylic acids is 1. The van der Waals surface area contributed by atoms with Gasteiger partial charge in [-0.05, 0) is 18.4 Å². The molecule has 0 spiro atoms. The lowest BCUT2D eigenvalue weighted by atomic mass is 9.81. The average Bonchev–Trinajstić information content (AvgIpc) is 2.47. The summed E-state index contributed by atoms with van der Waals surface area (Å²) in [5.74, 6) is -2.09. The van der Waals surface area contributed by atoms with Gasteiger partial charge in [0.15, 0.2) is 0 Å². The van der Waals surface area contributed by atoms with Gasteiger partial charge in [0.2, 0.25) is 0 Å². The van der Waals surface area contributed by atoms with Crippen molar-refractivity contribution in [2.75, 3.05) is 13.1 Å². The fourth-order valence-corrected chi connectivity index (χ4v) is 2.22. The summed E-state index contributed by atoms with van der Waals surface area (Å²) >= 11 is 0. The first-order valence-electron chi connectivity index (χ1n) is 5.55. The van der Waals surface area contributed by atoms with Crippen LogP contribution in [0.25, 0.3) is 0 Å². The molecule has 0 aromatic carbocycles. The second-order valence-electron chi connectivity index (χ2n) is 5.73. The Bertz CT molecular complexity index is 288. The van der Waals surface area contributed by atoms with Crippen LogP contribution in [0.3, 0.4) is 0 Å². The molecule has 0 aromatic rings. The average molecular weight is 253 g/mol. The van der Waals surface area contributed by atoms with E-state index >= 15 is 0 Å². The van der Waals surface area contributed by atoms with Crippen molar-refractivity contribution in [3.8, 4) is 0 Å². The largest absolute Gasteiger partial charge is 0.490 e. The van der Waals surface area contributed by atoms with Gasteiger partial charge in [0.1, 0.15) is 5.60 Å². The van der Waals surface area contributed by atoms with E-state index in [4.69, 9.17) is 4.74 Å². The van der Waals surface area contributed by atoms with E-state index in [1.165, 1.54) is 0 Å². The normalized spacial score (nSPS) is 26.0. The van der Waals surface area contributed by atoms with Crippen molar-refractivity contribution >= 4 is 5.97 Å². The summed E-state index contributed by atoms with van der Waals surface area (Å²) in [5.41, 5.74) is -1.22. The summed E-state index contributed by atoms with van der Waals surface area (Å²) in [5, 5.41) is 2.95. The van der Waals surface area contributed by atoms with Crippen molar-refractivity contribution in [3.05, 3.63) is 0 Å². The molecule has 0 saturated carbocycles. The number of hydrogen-bond acceptors (Lipinski definition) is 3. The van der Waals surface area contributed by atoms with Gasteiger partial charge in [-0.25, -0.2) is 4.79 Å². The highest BCUT2D eigenvalue weighted by Gasteiger charge is 2.48. The topological polar surface area (TPSA) is 38.3 Å². The monoisotopic (exact) mass is 253 g/mol. The Kier molecular flexibility index (Phi) is 3.76. The van der Waals surface area contributed by atoms with E-state index in [0.717, 1.165) is 0 Å². The summed E-state index contributed by atoms with van der Waals surface area (Å²) < 4.78 is 41.3. The molecule has 1 unspecified atom stereocenters. The number of hydrogen-bond donors (Lipinski definition) is 1. The molecule has 1 aliphatic heterocycles. The lowest BCUT2D eigenvalue weighted by molar-refractivity contribution is -0.214. The maximum absolute atomic E-state index is 12.2. The highest BCUT2D eigenvalue weighted by molar-refractivity contribution is 5.76. The van der Waals surface area contributed by atoms with Crippen molar-refractivity contribution in [1.82, 2.24) is 5.32 Å². The Labute approximate surface area is 98.7 Å². The van der Waals surface area contributed by atoms with Gasteiger partial charge < -0.3 is 10.1 Å². The van der Waals surface area contributed by atoms with Gasteiger partial charge in [-0.1, -0.05) is 20.8 Å². The van der Waals surface area contributed by atoms with Crippen molar-refractivity contribution in [2.24, 2.45) is 5.41 Å². The molecular weight excluding hydrogens is 235 g/mol. The molecule has 100 valence electrons. The van der Waals surface area contributed by atoms with Crippen LogP contribution < -0.4 is 5.32 Å². The molecule has 1 fully saturated rings. The van der Waals surface area contributed by atoms with E-state index in [1.54, 1.807) is 0 Å². The van der Waals surface area contributed by atoms with Crippen LogP contribution in [0, 0.1) is 5.41 Å². The Hall–Kier alpha value is -0.780. The third-order valence-corrected chi connectivity index (χ3v) is 2.60. The number of carbonyl (C=O) groups is 1. The first-order chi connectivity index (χ1) is 7.54. The Balaban J connectivity index is 2.76.